The minimum absolute atomic E-state index is 0.147. The van der Waals surface area contributed by atoms with E-state index in [-0.39, 0.29) is 18.1 Å². The summed E-state index contributed by atoms with van der Waals surface area (Å²) in [6.45, 7) is 8.90. The summed E-state index contributed by atoms with van der Waals surface area (Å²) >= 11 is 0. The number of fused-ring (bicyclic) bond motifs is 2. The van der Waals surface area contributed by atoms with Crippen LogP contribution in [0.5, 0.6) is 5.75 Å². The zero-order valence-electron chi connectivity index (χ0n) is 23.3. The highest BCUT2D eigenvalue weighted by atomic mass is 17.3. The van der Waals surface area contributed by atoms with Gasteiger partial charge in [-0.1, -0.05) is 25.9 Å². The van der Waals surface area contributed by atoms with Crippen molar-refractivity contribution in [1.82, 2.24) is 0 Å². The Morgan fingerprint density at radius 2 is 1.90 bits per heavy atom. The third-order valence-corrected chi connectivity index (χ3v) is 8.82. The van der Waals surface area contributed by atoms with E-state index in [9.17, 15) is 4.79 Å². The highest BCUT2D eigenvalue weighted by Gasteiger charge is 2.69. The fourth-order valence-corrected chi connectivity index (χ4v) is 6.74. The molecule has 8 atom stereocenters. The van der Waals surface area contributed by atoms with Crippen LogP contribution in [-0.2, 0) is 33.6 Å². The van der Waals surface area contributed by atoms with E-state index in [0.29, 0.717) is 43.6 Å². The molecule has 5 aliphatic rings. The molecule has 5 fully saturated rings. The maximum atomic E-state index is 10.6. The van der Waals surface area contributed by atoms with E-state index in [1.165, 1.54) is 0 Å². The fourth-order valence-electron chi connectivity index (χ4n) is 6.74. The molecule has 1 spiro atoms. The number of nitrogens with zero attached hydrogens (tertiary/aromatic N) is 1. The van der Waals surface area contributed by atoms with Gasteiger partial charge in [0.25, 0.3) is 0 Å². The molecule has 0 amide bonds. The molecule has 1 saturated carbocycles. The Hall–Kier alpha value is -2.24. The Labute approximate surface area is 229 Å². The van der Waals surface area contributed by atoms with Crippen molar-refractivity contribution in [3.8, 4) is 5.75 Å². The van der Waals surface area contributed by atoms with E-state index < -0.39 is 30.3 Å². The molecule has 2 bridgehead atoms. The van der Waals surface area contributed by atoms with E-state index in [4.69, 9.17) is 38.7 Å². The van der Waals surface area contributed by atoms with Crippen molar-refractivity contribution in [2.45, 2.75) is 90.2 Å². The summed E-state index contributed by atoms with van der Waals surface area (Å²) in [5.41, 5.74) is 0.958. The number of hydrogen-bond donors (Lipinski definition) is 1. The first-order chi connectivity index (χ1) is 18.8. The zero-order chi connectivity index (χ0) is 27.6. The first-order valence-corrected chi connectivity index (χ1v) is 14.2. The zero-order valence-corrected chi connectivity index (χ0v) is 23.3. The predicted octanol–water partition coefficient (Wildman–Crippen LogP) is 4.90. The van der Waals surface area contributed by atoms with Gasteiger partial charge in [-0.2, -0.15) is 0 Å². The van der Waals surface area contributed by atoms with Gasteiger partial charge in [-0.25, -0.2) is 14.6 Å². The smallest absolute Gasteiger partial charge is 0.344 e. The van der Waals surface area contributed by atoms with Crippen LogP contribution in [0.25, 0.3) is 0 Å². The summed E-state index contributed by atoms with van der Waals surface area (Å²) in [5.74, 6) is 0.143. The van der Waals surface area contributed by atoms with Crippen molar-refractivity contribution in [2.75, 3.05) is 19.8 Å². The molecule has 10 nitrogen and oxygen atoms in total. The summed E-state index contributed by atoms with van der Waals surface area (Å²) in [4.78, 5) is 27.6. The first kappa shape index (κ1) is 28.3. The maximum Gasteiger partial charge on any atom is 0.344 e. The fraction of sp³-hybridized carbons (Fsp3) is 0.724. The van der Waals surface area contributed by atoms with Crippen molar-refractivity contribution >= 4 is 11.7 Å². The van der Waals surface area contributed by atoms with Crippen LogP contribution in [0.1, 0.15) is 71.8 Å². The number of rotatable bonds is 11. The molecule has 1 unspecified atom stereocenters. The van der Waals surface area contributed by atoms with Crippen LogP contribution in [0.2, 0.25) is 0 Å². The molecule has 4 saturated heterocycles. The number of benzene rings is 1. The largest absolute Gasteiger partial charge is 0.494 e. The van der Waals surface area contributed by atoms with E-state index in [1.807, 2.05) is 38.1 Å². The highest BCUT2D eigenvalue weighted by molar-refractivity contribution is 6.00. The van der Waals surface area contributed by atoms with Gasteiger partial charge in [-0.15, -0.1) is 0 Å². The van der Waals surface area contributed by atoms with Gasteiger partial charge in [-0.05, 0) is 74.3 Å². The molecule has 1 aromatic carbocycles. The molecule has 1 aliphatic carbocycles. The Morgan fingerprint density at radius 3 is 2.64 bits per heavy atom. The van der Waals surface area contributed by atoms with Crippen molar-refractivity contribution in [2.24, 2.45) is 28.8 Å². The number of hydrogen-bond acceptors (Lipinski definition) is 9. The minimum Gasteiger partial charge on any atom is -0.494 e. The third kappa shape index (κ3) is 5.67. The average molecular weight is 548 g/mol. The molecular formula is C29H41NO9. The quantitative estimate of drug-likeness (QED) is 0.179. The average Bonchev–Trinajstić information content (AvgIpc) is 3.15. The predicted molar refractivity (Wildman–Crippen MR) is 140 cm³/mol. The maximum absolute atomic E-state index is 10.6. The van der Waals surface area contributed by atoms with Crippen molar-refractivity contribution in [3.05, 3.63) is 29.8 Å². The normalized spacial score (nSPS) is 37.6. The molecule has 0 radical (unpaired) electrons. The lowest BCUT2D eigenvalue weighted by Crippen LogP contribution is -2.70. The third-order valence-electron chi connectivity index (χ3n) is 8.82. The lowest BCUT2D eigenvalue weighted by molar-refractivity contribution is -0.577. The van der Waals surface area contributed by atoms with Gasteiger partial charge in [0.15, 0.2) is 18.2 Å². The molecular weight excluding hydrogens is 506 g/mol. The van der Waals surface area contributed by atoms with Crippen LogP contribution in [0.4, 0.5) is 0 Å². The lowest BCUT2D eigenvalue weighted by atomic mass is 9.58. The number of ether oxygens (including phenoxy) is 4. The lowest BCUT2D eigenvalue weighted by Gasteiger charge is -2.60. The molecule has 4 aliphatic heterocycles. The summed E-state index contributed by atoms with van der Waals surface area (Å²) in [6, 6.07) is 7.51. The van der Waals surface area contributed by atoms with Gasteiger partial charge in [0.1, 0.15) is 5.75 Å². The van der Waals surface area contributed by atoms with Gasteiger partial charge in [0.05, 0.1) is 18.9 Å². The van der Waals surface area contributed by atoms with Crippen LogP contribution in [0.3, 0.4) is 0 Å². The Bertz CT molecular complexity index is 1030. The van der Waals surface area contributed by atoms with E-state index >= 15 is 0 Å². The van der Waals surface area contributed by atoms with Gasteiger partial charge < -0.3 is 28.9 Å². The molecule has 6 rings (SSSR count). The molecule has 10 heteroatoms. The highest BCUT2D eigenvalue weighted by Crippen LogP contribution is 2.60. The van der Waals surface area contributed by atoms with Crippen molar-refractivity contribution in [3.63, 3.8) is 0 Å². The Kier molecular flexibility index (Phi) is 8.49. The van der Waals surface area contributed by atoms with E-state index in [0.717, 1.165) is 37.0 Å². The van der Waals surface area contributed by atoms with Crippen LogP contribution >= 0.6 is 0 Å². The van der Waals surface area contributed by atoms with Gasteiger partial charge in [0, 0.05) is 24.7 Å². The summed E-state index contributed by atoms with van der Waals surface area (Å²) in [5, 5.41) is 12.6. The number of oxime groups is 1. The molecule has 4 heterocycles. The molecule has 0 aromatic heterocycles. The molecule has 1 N–H and O–H groups in total. The van der Waals surface area contributed by atoms with Gasteiger partial charge >= 0.3 is 5.97 Å². The summed E-state index contributed by atoms with van der Waals surface area (Å²) in [7, 11) is 0. The van der Waals surface area contributed by atoms with Gasteiger partial charge in [0.2, 0.25) is 12.4 Å². The molecule has 1 aromatic rings. The first-order valence-electron chi connectivity index (χ1n) is 14.2. The Morgan fingerprint density at radius 1 is 1.10 bits per heavy atom. The SMILES string of the molecule is CC/C(=N\OCC(=O)O)c1ccc(OCCCO[C@H]2O[C@@H]3O[C@@]4(C)CCC5[C@H](C)CC[C@@H]([C@H]2C)[C@]53OO4)cc1. The molecule has 216 valence electrons. The second-order valence-corrected chi connectivity index (χ2v) is 11.4. The van der Waals surface area contributed by atoms with Crippen LogP contribution in [0, 0.1) is 23.7 Å². The van der Waals surface area contributed by atoms with Crippen molar-refractivity contribution < 1.29 is 43.5 Å². The number of aliphatic carboxylic acids is 1. The second kappa shape index (κ2) is 11.7. The number of carboxylic acids is 1. The van der Waals surface area contributed by atoms with Crippen LogP contribution in [-0.4, -0.2) is 60.6 Å². The minimum atomic E-state index is -1.06. The van der Waals surface area contributed by atoms with Crippen LogP contribution in [0.15, 0.2) is 29.4 Å². The summed E-state index contributed by atoms with van der Waals surface area (Å²) in [6.07, 6.45) is 4.45. The number of carbonyl (C=O) groups is 1. The van der Waals surface area contributed by atoms with E-state index in [1.54, 1.807) is 0 Å². The van der Waals surface area contributed by atoms with Crippen molar-refractivity contribution in [1.29, 1.82) is 0 Å². The topological polar surface area (TPSA) is 114 Å². The molecule has 39 heavy (non-hydrogen) atoms. The second-order valence-electron chi connectivity index (χ2n) is 11.4. The monoisotopic (exact) mass is 547 g/mol. The number of carboxylic acid groups (broad SMARTS) is 1. The van der Waals surface area contributed by atoms with Crippen LogP contribution < -0.4 is 4.74 Å². The summed E-state index contributed by atoms with van der Waals surface area (Å²) < 4.78 is 25.0. The Balaban J connectivity index is 1.12. The standard InChI is InChI=1S/C29H41NO9/c1-5-24(30-35-17-25(31)32)20-8-10-21(11-9-20)33-15-6-16-34-26-19(3)23-12-7-18(2)22-13-14-28(4)37-27(36-26)29(22,23)39-38-28/h8-11,18-19,22-23,26-27H,5-7,12-17H2,1-4H3,(H,31,32)/b30-24+/t18-,19-,22?,23+,26+,27-,28-,29-/m1/s1. The van der Waals surface area contributed by atoms with Gasteiger partial charge in [-0.3, -0.25) is 0 Å². The van der Waals surface area contributed by atoms with E-state index in [2.05, 4.69) is 19.0 Å².